The first-order chi connectivity index (χ1) is 8.22. The molecule has 1 aliphatic heterocycles. The van der Waals surface area contributed by atoms with Gasteiger partial charge in [-0.1, -0.05) is 0 Å². The number of carbonyl (C=O) groups excluding carboxylic acids is 1. The monoisotopic (exact) mass is 298 g/mol. The second-order valence-corrected chi connectivity index (χ2v) is 3.99. The zero-order chi connectivity index (χ0) is 12.3. The Bertz CT molecular complexity index is 469. The van der Waals surface area contributed by atoms with Crippen LogP contribution >= 0.6 is 15.9 Å². The third kappa shape index (κ3) is 2.58. The van der Waals surface area contributed by atoms with E-state index in [1.165, 1.54) is 0 Å². The zero-order valence-corrected chi connectivity index (χ0v) is 10.2. The molecular weight excluding hydrogens is 291 g/mol. The van der Waals surface area contributed by atoms with E-state index < -0.39 is 0 Å². The molecule has 6 nitrogen and oxygen atoms in total. The van der Waals surface area contributed by atoms with Crippen molar-refractivity contribution in [3.63, 3.8) is 0 Å². The van der Waals surface area contributed by atoms with E-state index in [2.05, 4.69) is 25.9 Å². The molecule has 0 aromatic heterocycles. The average Bonchev–Trinajstić information content (AvgIpc) is 2.80. The molecule has 1 aromatic rings. The molecule has 0 saturated heterocycles. The van der Waals surface area contributed by atoms with E-state index in [1.807, 2.05) is 0 Å². The van der Waals surface area contributed by atoms with Gasteiger partial charge in [-0.3, -0.25) is 0 Å². The van der Waals surface area contributed by atoms with Crippen molar-refractivity contribution in [2.24, 2.45) is 0 Å². The first kappa shape index (κ1) is 11.9. The molecule has 1 aliphatic rings. The fourth-order valence-corrected chi connectivity index (χ4v) is 1.79. The summed E-state index contributed by atoms with van der Waals surface area (Å²) in [4.78, 5) is 11.4. The van der Waals surface area contributed by atoms with Crippen molar-refractivity contribution in [2.45, 2.75) is 0 Å². The number of carbonyl (C=O) groups is 1. The summed E-state index contributed by atoms with van der Waals surface area (Å²) in [5.41, 5.74) is 0.513. The maximum absolute atomic E-state index is 11.4. The summed E-state index contributed by atoms with van der Waals surface area (Å²) in [6.45, 7) is -0.0903. The third-order valence-electron chi connectivity index (χ3n) is 2.04. The molecule has 0 bridgehead atoms. The minimum atomic E-state index is -0.367. The molecule has 1 amide bonds. The van der Waals surface area contributed by atoms with Crippen LogP contribution in [0.25, 0.3) is 0 Å². The van der Waals surface area contributed by atoms with Crippen molar-refractivity contribution in [2.75, 3.05) is 18.7 Å². The topological polar surface area (TPSA) is 80.6 Å². The predicted molar refractivity (Wildman–Crippen MR) is 63.3 cm³/mol. The summed E-state index contributed by atoms with van der Waals surface area (Å²) in [6.07, 6.45) is 0. The van der Waals surface area contributed by atoms with Crippen LogP contribution in [0.15, 0.2) is 16.6 Å². The summed E-state index contributed by atoms with van der Waals surface area (Å²) in [5.74, 6) is 0.687. The van der Waals surface area contributed by atoms with E-state index in [9.17, 15) is 4.79 Å². The van der Waals surface area contributed by atoms with Gasteiger partial charge in [-0.25, -0.2) is 0 Å². The van der Waals surface area contributed by atoms with Crippen molar-refractivity contribution in [1.29, 1.82) is 5.31 Å². The molecule has 0 aliphatic carbocycles. The van der Waals surface area contributed by atoms with Crippen LogP contribution in [0.5, 0.6) is 11.5 Å². The molecule has 1 aromatic carbocycles. The molecule has 2 N–H and O–H groups in total. The van der Waals surface area contributed by atoms with Crippen molar-refractivity contribution < 1.29 is 18.9 Å². The van der Waals surface area contributed by atoms with Gasteiger partial charge >= 0.3 is 106 Å². The Kier molecular flexibility index (Phi) is 3.63. The molecule has 0 saturated carbocycles. The summed E-state index contributed by atoms with van der Waals surface area (Å²) in [5, 5.41) is 9.26. The molecule has 0 atom stereocenters. The van der Waals surface area contributed by atoms with Crippen LogP contribution in [0.4, 0.5) is 5.69 Å². The normalized spacial score (nSPS) is 11.8. The van der Waals surface area contributed by atoms with Crippen LogP contribution in [0.1, 0.15) is 0 Å². The van der Waals surface area contributed by atoms with E-state index in [0.29, 0.717) is 24.5 Å². The van der Waals surface area contributed by atoms with Gasteiger partial charge in [-0.15, -0.1) is 0 Å². The molecule has 0 radical (unpaired) electrons. The van der Waals surface area contributed by atoms with Crippen molar-refractivity contribution in [3.05, 3.63) is 16.6 Å². The fraction of sp³-hybridized carbons (Fsp3) is 0.222. The standard InChI is InChI=1S/C9H8BBrN2O4/c11-5-1-2-6(9-8(5)15-4-16-9)13-7(14)3-17-10-12/h1-2,12H,3-4H2,(H,13,14). The first-order valence-electron chi connectivity index (χ1n) is 4.71. The number of nitrogens with one attached hydrogen (secondary N) is 2. The molecule has 2 rings (SSSR count). The Morgan fingerprint density at radius 2 is 2.29 bits per heavy atom. The Labute approximate surface area is 106 Å². The SMILES string of the molecule is N=BOCC(=O)Nc1ccc(Br)c2c1OCO2. The van der Waals surface area contributed by atoms with Gasteiger partial charge in [-0.05, 0) is 0 Å². The van der Waals surface area contributed by atoms with Gasteiger partial charge in [0.15, 0.2) is 0 Å². The molecule has 0 unspecified atom stereocenters. The van der Waals surface area contributed by atoms with Crippen LogP contribution in [-0.2, 0) is 9.45 Å². The second kappa shape index (κ2) is 5.18. The van der Waals surface area contributed by atoms with Crippen LogP contribution in [0.3, 0.4) is 0 Å². The van der Waals surface area contributed by atoms with Gasteiger partial charge in [0.05, 0.1) is 0 Å². The van der Waals surface area contributed by atoms with Crippen molar-refractivity contribution in [1.82, 2.24) is 0 Å². The third-order valence-corrected chi connectivity index (χ3v) is 2.67. The number of rotatable bonds is 4. The van der Waals surface area contributed by atoms with Gasteiger partial charge in [-0.2, -0.15) is 0 Å². The van der Waals surface area contributed by atoms with Crippen molar-refractivity contribution in [3.8, 4) is 11.5 Å². The van der Waals surface area contributed by atoms with Crippen LogP contribution in [0.2, 0.25) is 0 Å². The second-order valence-electron chi connectivity index (χ2n) is 3.14. The van der Waals surface area contributed by atoms with Crippen LogP contribution in [0, 0.1) is 5.31 Å². The van der Waals surface area contributed by atoms with Crippen molar-refractivity contribution >= 4 is 34.8 Å². The summed E-state index contributed by atoms with van der Waals surface area (Å²) in [7, 11) is 0.713. The number of hydrogen-bond donors (Lipinski definition) is 2. The van der Waals surface area contributed by atoms with E-state index in [1.54, 1.807) is 12.1 Å². The van der Waals surface area contributed by atoms with Crippen LogP contribution in [-0.4, -0.2) is 26.6 Å². The summed E-state index contributed by atoms with van der Waals surface area (Å²) < 4.78 is 15.8. The average molecular weight is 299 g/mol. The minimum absolute atomic E-state index is 0.123. The Morgan fingerprint density at radius 1 is 1.53 bits per heavy atom. The number of hydrogen-bond acceptors (Lipinski definition) is 5. The van der Waals surface area contributed by atoms with Gasteiger partial charge in [0.2, 0.25) is 0 Å². The first-order valence-corrected chi connectivity index (χ1v) is 5.50. The number of fused-ring (bicyclic) bond motifs is 1. The predicted octanol–water partition coefficient (Wildman–Crippen LogP) is 1.51. The van der Waals surface area contributed by atoms with E-state index in [4.69, 9.17) is 14.8 Å². The molecule has 1 heterocycles. The fourth-order valence-electron chi connectivity index (χ4n) is 1.37. The molecule has 0 spiro atoms. The molecule has 0 fully saturated rings. The molecule has 17 heavy (non-hydrogen) atoms. The maximum atomic E-state index is 11.4. The van der Waals surface area contributed by atoms with E-state index >= 15 is 0 Å². The molecule has 8 heteroatoms. The van der Waals surface area contributed by atoms with E-state index in [-0.39, 0.29) is 19.3 Å². The van der Waals surface area contributed by atoms with Gasteiger partial charge in [0.1, 0.15) is 0 Å². The van der Waals surface area contributed by atoms with Gasteiger partial charge in [0.25, 0.3) is 0 Å². The molecule has 88 valence electrons. The van der Waals surface area contributed by atoms with E-state index in [0.717, 1.165) is 4.47 Å². The van der Waals surface area contributed by atoms with Gasteiger partial charge < -0.3 is 0 Å². The number of anilines is 1. The zero-order valence-electron chi connectivity index (χ0n) is 8.66. The van der Waals surface area contributed by atoms with Crippen LogP contribution < -0.4 is 14.8 Å². The number of amides is 1. The summed E-state index contributed by atoms with van der Waals surface area (Å²) >= 11 is 3.32. The number of benzene rings is 1. The number of ether oxygens (including phenoxy) is 2. The van der Waals surface area contributed by atoms with Gasteiger partial charge in [0, 0.05) is 0 Å². The number of halogens is 1. The Hall–Kier alpha value is -1.57. The summed E-state index contributed by atoms with van der Waals surface area (Å²) in [6, 6.07) is 3.44. The molecular formula is C9H8BBrN2O4. The Balaban J connectivity index is 2.14. The quantitative estimate of drug-likeness (QED) is 0.826. The Morgan fingerprint density at radius 3 is 3.06 bits per heavy atom.